The van der Waals surface area contributed by atoms with Crippen LogP contribution in [-0.2, 0) is 6.54 Å². The van der Waals surface area contributed by atoms with Crippen molar-refractivity contribution < 1.29 is 0 Å². The molecule has 1 rings (SSSR count). The lowest BCUT2D eigenvalue weighted by Gasteiger charge is -2.14. The Kier molecular flexibility index (Phi) is 5.07. The molecule has 0 aliphatic carbocycles. The van der Waals surface area contributed by atoms with E-state index in [1.54, 1.807) is 11.3 Å². The van der Waals surface area contributed by atoms with Gasteiger partial charge in [0.05, 0.1) is 0 Å². The lowest BCUT2D eigenvalue weighted by Crippen LogP contribution is -2.34. The summed E-state index contributed by atoms with van der Waals surface area (Å²) in [6.45, 7) is 6.10. The van der Waals surface area contributed by atoms with Crippen molar-refractivity contribution in [1.29, 1.82) is 0 Å². The van der Waals surface area contributed by atoms with Crippen LogP contribution in [0.15, 0.2) is 11.6 Å². The Bertz CT molecular complexity index is 234. The highest BCUT2D eigenvalue weighted by atomic mass is 32.1. The summed E-state index contributed by atoms with van der Waals surface area (Å²) >= 11 is 1.67. The van der Waals surface area contributed by atoms with Gasteiger partial charge in [0.15, 0.2) is 0 Å². The van der Waals surface area contributed by atoms with Crippen molar-refractivity contribution in [2.24, 2.45) is 11.7 Å². The van der Waals surface area contributed by atoms with E-state index in [2.05, 4.69) is 24.1 Å². The topological polar surface area (TPSA) is 50.9 Å². The van der Waals surface area contributed by atoms with E-state index in [0.717, 1.165) is 24.5 Å². The lowest BCUT2D eigenvalue weighted by atomic mass is 10.0. The van der Waals surface area contributed by atoms with Gasteiger partial charge in [0, 0.05) is 30.7 Å². The molecule has 1 unspecified atom stereocenters. The van der Waals surface area contributed by atoms with Crippen LogP contribution in [0.2, 0.25) is 0 Å². The molecule has 0 amide bonds. The van der Waals surface area contributed by atoms with Crippen molar-refractivity contribution in [3.8, 4) is 0 Å². The molecule has 1 aromatic heterocycles. The maximum absolute atomic E-state index is 5.93. The maximum Gasteiger partial charge on any atom is 0.106 e. The molecule has 3 N–H and O–H groups in total. The molecule has 0 aliphatic rings. The number of hydrogen-bond acceptors (Lipinski definition) is 4. The van der Waals surface area contributed by atoms with Crippen LogP contribution in [0.4, 0.5) is 0 Å². The first-order valence-corrected chi connectivity index (χ1v) is 5.91. The van der Waals surface area contributed by atoms with Crippen LogP contribution in [0.5, 0.6) is 0 Å². The van der Waals surface area contributed by atoms with Gasteiger partial charge in [-0.2, -0.15) is 0 Å². The predicted molar refractivity (Wildman–Crippen MR) is 61.3 cm³/mol. The molecule has 0 bridgehead atoms. The third-order valence-corrected chi connectivity index (χ3v) is 2.72. The molecule has 0 aromatic carbocycles. The molecular weight excluding hydrogens is 194 g/mol. The highest BCUT2D eigenvalue weighted by Gasteiger charge is 2.04. The van der Waals surface area contributed by atoms with E-state index in [1.807, 2.05) is 11.6 Å². The fourth-order valence-corrected chi connectivity index (χ4v) is 1.98. The average molecular weight is 213 g/mol. The quantitative estimate of drug-likeness (QED) is 0.755. The number of nitrogens with one attached hydrogen (secondary N) is 1. The Morgan fingerprint density at radius 1 is 1.57 bits per heavy atom. The van der Waals surface area contributed by atoms with E-state index < -0.39 is 0 Å². The van der Waals surface area contributed by atoms with Crippen molar-refractivity contribution in [3.05, 3.63) is 16.6 Å². The Hall–Kier alpha value is -0.450. The minimum atomic E-state index is 0.259. The zero-order valence-electron chi connectivity index (χ0n) is 8.86. The molecule has 0 saturated carbocycles. The van der Waals surface area contributed by atoms with Crippen LogP contribution in [0.3, 0.4) is 0 Å². The molecule has 0 fully saturated rings. The highest BCUT2D eigenvalue weighted by molar-refractivity contribution is 7.09. The first-order valence-electron chi connectivity index (χ1n) is 5.03. The molecule has 0 spiro atoms. The van der Waals surface area contributed by atoms with Crippen LogP contribution in [0, 0.1) is 5.92 Å². The average Bonchev–Trinajstić information content (AvgIpc) is 2.55. The monoisotopic (exact) mass is 213 g/mol. The largest absolute Gasteiger partial charge is 0.327 e. The summed E-state index contributed by atoms with van der Waals surface area (Å²) in [6, 6.07) is 0.259. The van der Waals surface area contributed by atoms with Gasteiger partial charge in [-0.15, -0.1) is 11.3 Å². The molecule has 0 saturated heterocycles. The van der Waals surface area contributed by atoms with Gasteiger partial charge in [0.1, 0.15) is 5.01 Å². The predicted octanol–water partition coefficient (Wildman–Crippen LogP) is 1.61. The van der Waals surface area contributed by atoms with Gasteiger partial charge < -0.3 is 11.1 Å². The van der Waals surface area contributed by atoms with Crippen LogP contribution in [0.1, 0.15) is 25.3 Å². The minimum Gasteiger partial charge on any atom is -0.327 e. The first kappa shape index (κ1) is 11.6. The van der Waals surface area contributed by atoms with Crippen molar-refractivity contribution in [1.82, 2.24) is 10.3 Å². The Labute approximate surface area is 89.7 Å². The Morgan fingerprint density at radius 3 is 2.93 bits per heavy atom. The van der Waals surface area contributed by atoms with Gasteiger partial charge in [-0.1, -0.05) is 13.8 Å². The number of nitrogens with two attached hydrogens (primary N) is 1. The summed E-state index contributed by atoms with van der Waals surface area (Å²) < 4.78 is 0. The van der Waals surface area contributed by atoms with Crippen LogP contribution in [0.25, 0.3) is 0 Å². The highest BCUT2D eigenvalue weighted by Crippen LogP contribution is 2.04. The molecule has 0 aliphatic heterocycles. The summed E-state index contributed by atoms with van der Waals surface area (Å²) in [5.74, 6) is 0.673. The number of hydrogen-bond donors (Lipinski definition) is 2. The van der Waals surface area contributed by atoms with E-state index >= 15 is 0 Å². The van der Waals surface area contributed by atoms with Crippen molar-refractivity contribution in [2.75, 3.05) is 6.54 Å². The van der Waals surface area contributed by atoms with Gasteiger partial charge in [0.25, 0.3) is 0 Å². The zero-order chi connectivity index (χ0) is 10.4. The molecule has 14 heavy (non-hydrogen) atoms. The van der Waals surface area contributed by atoms with E-state index in [0.29, 0.717) is 5.92 Å². The summed E-state index contributed by atoms with van der Waals surface area (Å²) in [5, 5.41) is 6.43. The minimum absolute atomic E-state index is 0.259. The molecule has 3 nitrogen and oxygen atoms in total. The fraction of sp³-hybridized carbons (Fsp3) is 0.700. The number of rotatable bonds is 6. The Balaban J connectivity index is 2.09. The van der Waals surface area contributed by atoms with Gasteiger partial charge in [-0.25, -0.2) is 4.98 Å². The smallest absolute Gasteiger partial charge is 0.106 e. The van der Waals surface area contributed by atoms with Gasteiger partial charge >= 0.3 is 0 Å². The fourth-order valence-electron chi connectivity index (χ4n) is 1.39. The SMILES string of the molecule is CC(C)CC(N)CNCc1nccs1. The molecule has 1 heterocycles. The van der Waals surface area contributed by atoms with Gasteiger partial charge in [-0.3, -0.25) is 0 Å². The molecule has 1 aromatic rings. The van der Waals surface area contributed by atoms with Crippen molar-refractivity contribution >= 4 is 11.3 Å². The third-order valence-electron chi connectivity index (χ3n) is 1.94. The molecule has 0 radical (unpaired) electrons. The molecular formula is C10H19N3S. The van der Waals surface area contributed by atoms with Crippen molar-refractivity contribution in [3.63, 3.8) is 0 Å². The van der Waals surface area contributed by atoms with E-state index in [1.165, 1.54) is 0 Å². The second kappa shape index (κ2) is 6.11. The summed E-state index contributed by atoms with van der Waals surface area (Å²) in [5.41, 5.74) is 5.93. The van der Waals surface area contributed by atoms with Crippen molar-refractivity contribution in [2.45, 2.75) is 32.9 Å². The second-order valence-corrected chi connectivity index (χ2v) is 4.93. The zero-order valence-corrected chi connectivity index (χ0v) is 9.68. The number of thiazole rings is 1. The maximum atomic E-state index is 5.93. The second-order valence-electron chi connectivity index (χ2n) is 3.95. The number of aromatic nitrogens is 1. The summed E-state index contributed by atoms with van der Waals surface area (Å²) in [7, 11) is 0. The van der Waals surface area contributed by atoms with Gasteiger partial charge in [-0.05, 0) is 12.3 Å². The Morgan fingerprint density at radius 2 is 2.36 bits per heavy atom. The summed E-state index contributed by atoms with van der Waals surface area (Å²) in [4.78, 5) is 4.19. The van der Waals surface area contributed by atoms with Crippen LogP contribution >= 0.6 is 11.3 Å². The molecule has 80 valence electrons. The lowest BCUT2D eigenvalue weighted by molar-refractivity contribution is 0.467. The van der Waals surface area contributed by atoms with E-state index in [-0.39, 0.29) is 6.04 Å². The third kappa shape index (κ3) is 4.69. The first-order chi connectivity index (χ1) is 6.68. The number of nitrogens with zero attached hydrogens (tertiary/aromatic N) is 1. The molecule has 1 atom stereocenters. The van der Waals surface area contributed by atoms with Gasteiger partial charge in [0.2, 0.25) is 0 Å². The van der Waals surface area contributed by atoms with Crippen LogP contribution < -0.4 is 11.1 Å². The normalized spacial score (nSPS) is 13.4. The van der Waals surface area contributed by atoms with E-state index in [9.17, 15) is 0 Å². The van der Waals surface area contributed by atoms with E-state index in [4.69, 9.17) is 5.73 Å². The standard InChI is InChI=1S/C10H19N3S/c1-8(2)5-9(11)6-12-7-10-13-3-4-14-10/h3-4,8-9,12H,5-7,11H2,1-2H3. The van der Waals surface area contributed by atoms with Crippen LogP contribution in [-0.4, -0.2) is 17.6 Å². The summed E-state index contributed by atoms with van der Waals surface area (Å²) in [6.07, 6.45) is 2.90. The molecule has 4 heteroatoms.